The van der Waals surface area contributed by atoms with Crippen LogP contribution in [0.2, 0.25) is 0 Å². The van der Waals surface area contributed by atoms with Crippen LogP contribution in [0.3, 0.4) is 0 Å². The van der Waals surface area contributed by atoms with Gasteiger partial charge in [-0.1, -0.05) is 43.3 Å². The second kappa shape index (κ2) is 10.4. The number of nitrogens with zero attached hydrogens (tertiary/aromatic N) is 5. The van der Waals surface area contributed by atoms with E-state index in [1.165, 1.54) is 6.33 Å². The van der Waals surface area contributed by atoms with Gasteiger partial charge in [-0.2, -0.15) is 0 Å². The van der Waals surface area contributed by atoms with Crippen LogP contribution in [0.1, 0.15) is 29.9 Å². The molecule has 0 unspecified atom stereocenters. The number of hydrogen-bond donors (Lipinski definition) is 2. The Morgan fingerprint density at radius 1 is 0.974 bits per heavy atom. The number of methoxy groups -OCH3 is 1. The predicted octanol–water partition coefficient (Wildman–Crippen LogP) is 5.02. The number of nitrogens with one attached hydrogen (secondary N) is 2. The molecule has 0 radical (unpaired) electrons. The van der Waals surface area contributed by atoms with Gasteiger partial charge in [0.05, 0.1) is 35.7 Å². The van der Waals surface area contributed by atoms with Gasteiger partial charge in [0, 0.05) is 24.6 Å². The molecule has 6 aromatic rings. The molecule has 9 heteroatoms. The third kappa shape index (κ3) is 4.70. The molecule has 2 N–H and O–H groups in total. The molecule has 0 aliphatic heterocycles. The number of imidazole rings is 1. The highest BCUT2D eigenvalue weighted by molar-refractivity contribution is 5.91. The zero-order valence-electron chi connectivity index (χ0n) is 21.6. The number of benzene rings is 3. The van der Waals surface area contributed by atoms with Crippen LogP contribution < -0.4 is 15.6 Å². The third-order valence-corrected chi connectivity index (χ3v) is 6.82. The summed E-state index contributed by atoms with van der Waals surface area (Å²) in [5, 5.41) is 3.99. The van der Waals surface area contributed by atoms with Crippen molar-refractivity contribution in [1.82, 2.24) is 29.5 Å². The van der Waals surface area contributed by atoms with Crippen LogP contribution in [-0.4, -0.2) is 36.6 Å². The Kier molecular flexibility index (Phi) is 6.46. The molecular formula is C30H27N7O2. The van der Waals surface area contributed by atoms with Gasteiger partial charge >= 0.3 is 0 Å². The first kappa shape index (κ1) is 24.3. The molecule has 0 spiro atoms. The van der Waals surface area contributed by atoms with Crippen LogP contribution in [-0.2, 0) is 13.0 Å². The second-order valence-corrected chi connectivity index (χ2v) is 9.37. The zero-order chi connectivity index (χ0) is 26.8. The first-order valence-corrected chi connectivity index (χ1v) is 12.7. The maximum atomic E-state index is 14.2. The standard InChI is InChI=1S/C30H27N7O2/c1-19(15-25-27-28(34-17-32-25)35-18-33-27)29-36-24-10-6-9-23(31-16-20-11-13-22(39-2)14-12-20)26(24)30(38)37(29)21-7-4-3-5-8-21/h3-14,17-19,31H,15-16H2,1-2H3,(H,32,33,34,35)/t19-/m1/s1. The predicted molar refractivity (Wildman–Crippen MR) is 151 cm³/mol. The lowest BCUT2D eigenvalue weighted by atomic mass is 10.0. The van der Waals surface area contributed by atoms with Gasteiger partial charge in [-0.3, -0.25) is 9.36 Å². The van der Waals surface area contributed by atoms with E-state index in [2.05, 4.69) is 32.2 Å². The van der Waals surface area contributed by atoms with Gasteiger partial charge in [-0.15, -0.1) is 0 Å². The smallest absolute Gasteiger partial charge is 0.268 e. The minimum Gasteiger partial charge on any atom is -0.497 e. The molecule has 0 amide bonds. The quantitative estimate of drug-likeness (QED) is 0.292. The first-order valence-electron chi connectivity index (χ1n) is 12.7. The van der Waals surface area contributed by atoms with Crippen LogP contribution in [0.5, 0.6) is 5.75 Å². The molecule has 0 saturated carbocycles. The van der Waals surface area contributed by atoms with E-state index in [0.29, 0.717) is 35.3 Å². The second-order valence-electron chi connectivity index (χ2n) is 9.37. The van der Waals surface area contributed by atoms with E-state index in [9.17, 15) is 4.79 Å². The van der Waals surface area contributed by atoms with E-state index < -0.39 is 0 Å². The number of ether oxygens (including phenoxy) is 1. The highest BCUT2D eigenvalue weighted by atomic mass is 16.5. The topological polar surface area (TPSA) is 111 Å². The highest BCUT2D eigenvalue weighted by Gasteiger charge is 2.21. The Morgan fingerprint density at radius 2 is 1.79 bits per heavy atom. The van der Waals surface area contributed by atoms with E-state index in [1.807, 2.05) is 72.8 Å². The monoisotopic (exact) mass is 517 g/mol. The van der Waals surface area contributed by atoms with Crippen molar-refractivity contribution >= 4 is 27.8 Å². The number of anilines is 1. The zero-order valence-corrected chi connectivity index (χ0v) is 21.6. The summed E-state index contributed by atoms with van der Waals surface area (Å²) in [6.07, 6.45) is 3.69. The number of aromatic nitrogens is 6. The molecule has 9 nitrogen and oxygen atoms in total. The van der Waals surface area contributed by atoms with Crippen molar-refractivity contribution in [2.45, 2.75) is 25.8 Å². The molecule has 3 aromatic heterocycles. The molecule has 3 heterocycles. The highest BCUT2D eigenvalue weighted by Crippen LogP contribution is 2.27. The maximum Gasteiger partial charge on any atom is 0.268 e. The van der Waals surface area contributed by atoms with Crippen molar-refractivity contribution in [1.29, 1.82) is 0 Å². The molecule has 39 heavy (non-hydrogen) atoms. The van der Waals surface area contributed by atoms with E-state index in [-0.39, 0.29) is 11.5 Å². The molecule has 0 aliphatic carbocycles. The molecule has 0 bridgehead atoms. The fourth-order valence-electron chi connectivity index (χ4n) is 4.84. The summed E-state index contributed by atoms with van der Waals surface area (Å²) in [7, 11) is 1.65. The van der Waals surface area contributed by atoms with Crippen LogP contribution in [0.15, 0.2) is 90.2 Å². The number of hydrogen-bond acceptors (Lipinski definition) is 7. The van der Waals surface area contributed by atoms with Gasteiger partial charge in [-0.25, -0.2) is 19.9 Å². The van der Waals surface area contributed by atoms with Crippen LogP contribution in [0.25, 0.3) is 27.8 Å². The SMILES string of the molecule is COc1ccc(CNc2cccc3nc([C@H](C)Cc4ncnc5nc[nH]c45)n(-c4ccccc4)c(=O)c23)cc1. The van der Waals surface area contributed by atoms with Gasteiger partial charge in [0.25, 0.3) is 5.56 Å². The Morgan fingerprint density at radius 3 is 2.59 bits per heavy atom. The number of H-pyrrole nitrogens is 1. The Hall–Kier alpha value is -5.05. The minimum absolute atomic E-state index is 0.125. The normalized spacial score (nSPS) is 12.1. The minimum atomic E-state index is -0.125. The van der Waals surface area contributed by atoms with Gasteiger partial charge in [0.1, 0.15) is 23.4 Å². The van der Waals surface area contributed by atoms with Crippen molar-refractivity contribution < 1.29 is 4.74 Å². The summed E-state index contributed by atoms with van der Waals surface area (Å²) in [5.74, 6) is 1.34. The fourth-order valence-corrected chi connectivity index (χ4v) is 4.84. The average molecular weight is 518 g/mol. The molecule has 0 fully saturated rings. The van der Waals surface area contributed by atoms with Crippen LogP contribution in [0, 0.1) is 0 Å². The summed E-state index contributed by atoms with van der Waals surface area (Å²) in [4.78, 5) is 35.4. The third-order valence-electron chi connectivity index (χ3n) is 6.82. The van der Waals surface area contributed by atoms with Crippen molar-refractivity contribution in [3.8, 4) is 11.4 Å². The van der Waals surface area contributed by atoms with E-state index in [4.69, 9.17) is 9.72 Å². The molecule has 3 aromatic carbocycles. The van der Waals surface area contributed by atoms with Crippen molar-refractivity contribution in [2.24, 2.45) is 0 Å². The molecule has 6 rings (SSSR count). The summed E-state index contributed by atoms with van der Waals surface area (Å²) in [6.45, 7) is 2.61. The summed E-state index contributed by atoms with van der Waals surface area (Å²) >= 11 is 0. The van der Waals surface area contributed by atoms with Crippen molar-refractivity contribution in [3.05, 3.63) is 113 Å². The van der Waals surface area contributed by atoms with Gasteiger partial charge in [0.15, 0.2) is 5.65 Å². The number of para-hydroxylation sites is 1. The van der Waals surface area contributed by atoms with E-state index in [0.717, 1.165) is 33.9 Å². The van der Waals surface area contributed by atoms with E-state index in [1.54, 1.807) is 18.0 Å². The molecule has 0 aliphatic rings. The lowest BCUT2D eigenvalue weighted by Crippen LogP contribution is -2.26. The average Bonchev–Trinajstić information content (AvgIpc) is 3.47. The van der Waals surface area contributed by atoms with Crippen molar-refractivity contribution in [3.63, 3.8) is 0 Å². The molecule has 194 valence electrons. The Bertz CT molecular complexity index is 1810. The van der Waals surface area contributed by atoms with Gasteiger partial charge < -0.3 is 15.0 Å². The summed E-state index contributed by atoms with van der Waals surface area (Å²) in [6, 6.07) is 23.2. The van der Waals surface area contributed by atoms with Crippen molar-refractivity contribution in [2.75, 3.05) is 12.4 Å². The van der Waals surface area contributed by atoms with Gasteiger partial charge in [-0.05, 0) is 42.0 Å². The first-order chi connectivity index (χ1) is 19.1. The van der Waals surface area contributed by atoms with Crippen LogP contribution in [0.4, 0.5) is 5.69 Å². The summed E-state index contributed by atoms with van der Waals surface area (Å²) in [5.41, 5.74) is 5.33. The molecule has 0 saturated heterocycles. The van der Waals surface area contributed by atoms with Crippen LogP contribution >= 0.6 is 0 Å². The van der Waals surface area contributed by atoms with E-state index >= 15 is 0 Å². The lowest BCUT2D eigenvalue weighted by molar-refractivity contribution is 0.414. The Balaban J connectivity index is 1.43. The number of fused-ring (bicyclic) bond motifs is 2. The molecular weight excluding hydrogens is 490 g/mol. The fraction of sp³-hybridized carbons (Fsp3) is 0.167. The molecule has 1 atom stereocenters. The largest absolute Gasteiger partial charge is 0.497 e. The Labute approximate surface area is 224 Å². The van der Waals surface area contributed by atoms with Gasteiger partial charge in [0.2, 0.25) is 0 Å². The summed E-state index contributed by atoms with van der Waals surface area (Å²) < 4.78 is 6.98. The maximum absolute atomic E-state index is 14.2. The number of rotatable bonds is 8. The number of aromatic amines is 1. The lowest BCUT2D eigenvalue weighted by Gasteiger charge is -2.20.